The van der Waals surface area contributed by atoms with Crippen molar-refractivity contribution in [1.82, 2.24) is 0 Å². The maximum atomic E-state index is 12.6. The number of alkyl halides is 3. The Morgan fingerprint density at radius 2 is 2.15 bits per heavy atom. The van der Waals surface area contributed by atoms with Gasteiger partial charge in [-0.2, -0.15) is 0 Å². The maximum Gasteiger partial charge on any atom is 0.212 e. The minimum absolute atomic E-state index is 0.151. The van der Waals surface area contributed by atoms with Gasteiger partial charge in [-0.3, -0.25) is 9.59 Å². The molecule has 0 N–H and O–H groups in total. The van der Waals surface area contributed by atoms with Crippen molar-refractivity contribution in [3.63, 3.8) is 0 Å². The van der Waals surface area contributed by atoms with Crippen LogP contribution in [0.1, 0.15) is 13.3 Å². The van der Waals surface area contributed by atoms with Gasteiger partial charge in [-0.05, 0) is 6.92 Å². The fourth-order valence-electron chi connectivity index (χ4n) is 0.835. The first-order chi connectivity index (χ1) is 6.02. The fourth-order valence-corrected chi connectivity index (χ4v) is 0.987. The van der Waals surface area contributed by atoms with Crippen molar-refractivity contribution >= 4 is 23.7 Å². The van der Waals surface area contributed by atoms with E-state index in [2.05, 4.69) is 0 Å². The zero-order chi connectivity index (χ0) is 10.4. The highest BCUT2D eigenvalue weighted by Crippen LogP contribution is 2.13. The molecule has 2 nitrogen and oxygen atoms in total. The third-order valence-electron chi connectivity index (χ3n) is 1.47. The quantitative estimate of drug-likeness (QED) is 0.494. The lowest BCUT2D eigenvalue weighted by atomic mass is 9.97. The Morgan fingerprint density at radius 1 is 1.62 bits per heavy atom. The van der Waals surface area contributed by atoms with Gasteiger partial charge in [0.25, 0.3) is 0 Å². The van der Waals surface area contributed by atoms with Crippen LogP contribution in [0.15, 0.2) is 0 Å². The smallest absolute Gasteiger partial charge is 0.212 e. The normalized spacial score (nSPS) is 17.5. The summed E-state index contributed by atoms with van der Waals surface area (Å²) in [5.74, 6) is -2.34. The number of hydrogen-bond acceptors (Lipinski definition) is 2. The van der Waals surface area contributed by atoms with Crippen LogP contribution in [0, 0.1) is 5.92 Å². The van der Waals surface area contributed by atoms with Gasteiger partial charge in [0.2, 0.25) is 6.29 Å². The van der Waals surface area contributed by atoms with E-state index in [9.17, 15) is 18.4 Å². The number of ketones is 1. The minimum atomic E-state index is -2.10. The summed E-state index contributed by atoms with van der Waals surface area (Å²) in [5.41, 5.74) is 0. The number of Topliss-reactive ketones (excluding diaryl/α,β-unsaturated/α-hetero) is 1. The number of hydrogen-bond donors (Lipinski definition) is 0. The van der Waals surface area contributed by atoms with Gasteiger partial charge in [0.1, 0.15) is 24.5 Å². The molecule has 3 unspecified atom stereocenters. The van der Waals surface area contributed by atoms with Crippen LogP contribution in [0.2, 0.25) is 0 Å². The van der Waals surface area contributed by atoms with Crippen LogP contribution in [-0.4, -0.2) is 30.3 Å². The van der Waals surface area contributed by atoms with Gasteiger partial charge >= 0.3 is 0 Å². The molecule has 3 atom stereocenters. The van der Waals surface area contributed by atoms with Gasteiger partial charge in [-0.1, -0.05) is 0 Å². The molecule has 13 heavy (non-hydrogen) atoms. The van der Waals surface area contributed by atoms with Gasteiger partial charge in [0.05, 0.1) is 0 Å². The predicted octanol–water partition coefficient (Wildman–Crippen LogP) is 1.61. The molecule has 0 aromatic carbocycles. The topological polar surface area (TPSA) is 34.1 Å². The summed E-state index contributed by atoms with van der Waals surface area (Å²) in [6.07, 6.45) is -1.06. The largest absolute Gasteiger partial charge is 0.299 e. The van der Waals surface area contributed by atoms with Crippen molar-refractivity contribution in [2.45, 2.75) is 24.9 Å². The van der Waals surface area contributed by atoms with Gasteiger partial charge in [0, 0.05) is 11.8 Å². The molecule has 5 heteroatoms. The van der Waals surface area contributed by atoms with E-state index in [-0.39, 0.29) is 6.42 Å². The van der Waals surface area contributed by atoms with E-state index in [0.717, 1.165) is 0 Å². The fraction of sp³-hybridized carbons (Fsp3) is 0.750. The van der Waals surface area contributed by atoms with Crippen LogP contribution in [0.3, 0.4) is 0 Å². The summed E-state index contributed by atoms with van der Waals surface area (Å²) in [7, 11) is 0. The SMILES string of the molecule is CC(Cl)CC(=O)C([C]=O)C(F)CF. The van der Waals surface area contributed by atoms with Gasteiger partial charge < -0.3 is 0 Å². The summed E-state index contributed by atoms with van der Waals surface area (Å²) in [5, 5.41) is -0.491. The van der Waals surface area contributed by atoms with Gasteiger partial charge in [-0.15, -0.1) is 11.6 Å². The molecule has 0 heterocycles. The molecule has 0 aromatic heterocycles. The molecule has 0 fully saturated rings. The zero-order valence-electron chi connectivity index (χ0n) is 7.10. The van der Waals surface area contributed by atoms with E-state index in [0.29, 0.717) is 0 Å². The molecule has 0 spiro atoms. The van der Waals surface area contributed by atoms with E-state index < -0.39 is 29.9 Å². The molecule has 0 amide bonds. The van der Waals surface area contributed by atoms with Crippen LogP contribution >= 0.6 is 11.6 Å². The number of halogens is 3. The lowest BCUT2D eigenvalue weighted by Gasteiger charge is -2.10. The summed E-state index contributed by atoms with van der Waals surface area (Å²) in [6.45, 7) is 0.173. The molecule has 0 aliphatic carbocycles. The van der Waals surface area contributed by atoms with Crippen molar-refractivity contribution in [2.75, 3.05) is 6.67 Å². The highest BCUT2D eigenvalue weighted by atomic mass is 35.5. The molecule has 0 aliphatic heterocycles. The van der Waals surface area contributed by atoms with E-state index in [1.54, 1.807) is 0 Å². The van der Waals surface area contributed by atoms with Crippen molar-refractivity contribution < 1.29 is 18.4 Å². The van der Waals surface area contributed by atoms with Crippen LogP contribution in [0.25, 0.3) is 0 Å². The Hall–Kier alpha value is -0.510. The number of rotatable bonds is 6. The second kappa shape index (κ2) is 6.02. The highest BCUT2D eigenvalue weighted by Gasteiger charge is 2.29. The van der Waals surface area contributed by atoms with E-state index in [4.69, 9.17) is 11.6 Å². The Balaban J connectivity index is 4.23. The Labute approximate surface area is 80.3 Å². The first kappa shape index (κ1) is 12.5. The van der Waals surface area contributed by atoms with Crippen molar-refractivity contribution in [1.29, 1.82) is 0 Å². The van der Waals surface area contributed by atoms with Gasteiger partial charge in [-0.25, -0.2) is 8.78 Å². The lowest BCUT2D eigenvalue weighted by Crippen LogP contribution is -2.29. The average Bonchev–Trinajstić information content (AvgIpc) is 2.03. The molecule has 1 radical (unpaired) electrons. The number of carbonyl (C=O) groups excluding carboxylic acids is 2. The van der Waals surface area contributed by atoms with Crippen LogP contribution in [-0.2, 0) is 9.59 Å². The first-order valence-electron chi connectivity index (χ1n) is 3.77. The van der Waals surface area contributed by atoms with Crippen molar-refractivity contribution in [2.24, 2.45) is 5.92 Å². The first-order valence-corrected chi connectivity index (χ1v) is 4.21. The van der Waals surface area contributed by atoms with E-state index in [1.165, 1.54) is 13.2 Å². The highest BCUT2D eigenvalue weighted by molar-refractivity contribution is 6.21. The molecule has 75 valence electrons. The molecule has 0 rings (SSSR count). The Kier molecular flexibility index (Phi) is 5.79. The summed E-state index contributed by atoms with van der Waals surface area (Å²) in [4.78, 5) is 21.2. The average molecular weight is 212 g/mol. The van der Waals surface area contributed by atoms with Crippen LogP contribution in [0.5, 0.6) is 0 Å². The van der Waals surface area contributed by atoms with Crippen LogP contribution < -0.4 is 0 Å². The lowest BCUT2D eigenvalue weighted by molar-refractivity contribution is -0.122. The Morgan fingerprint density at radius 3 is 2.46 bits per heavy atom. The van der Waals surface area contributed by atoms with E-state index >= 15 is 0 Å². The van der Waals surface area contributed by atoms with E-state index in [1.807, 2.05) is 0 Å². The maximum absolute atomic E-state index is 12.6. The molecule has 0 saturated carbocycles. The van der Waals surface area contributed by atoms with Gasteiger partial charge in [0.15, 0.2) is 0 Å². The zero-order valence-corrected chi connectivity index (χ0v) is 7.85. The number of carbonyl (C=O) groups is 1. The minimum Gasteiger partial charge on any atom is -0.299 e. The van der Waals surface area contributed by atoms with Crippen LogP contribution in [0.4, 0.5) is 8.78 Å². The Bertz CT molecular complexity index is 185. The standard InChI is InChI=1S/C8H10ClF2O2/c1-5(9)2-8(13)6(4-12)7(11)3-10/h5-7H,2-3H2,1H3. The third kappa shape index (κ3) is 4.31. The summed E-state index contributed by atoms with van der Waals surface area (Å²) >= 11 is 5.45. The third-order valence-corrected chi connectivity index (χ3v) is 1.62. The second-order valence-corrected chi connectivity index (χ2v) is 3.46. The molecule has 0 aromatic rings. The molecule has 0 bridgehead atoms. The molecular formula is C8H10ClF2O2. The summed E-state index contributed by atoms with van der Waals surface area (Å²) < 4.78 is 24.4. The summed E-state index contributed by atoms with van der Waals surface area (Å²) in [6, 6.07) is 0. The molecule has 0 aliphatic rings. The molecule has 0 saturated heterocycles. The molecular weight excluding hydrogens is 202 g/mol. The monoisotopic (exact) mass is 211 g/mol. The van der Waals surface area contributed by atoms with Crippen molar-refractivity contribution in [3.8, 4) is 0 Å². The van der Waals surface area contributed by atoms with Crippen molar-refractivity contribution in [3.05, 3.63) is 0 Å². The predicted molar refractivity (Wildman–Crippen MR) is 45.0 cm³/mol. The second-order valence-electron chi connectivity index (χ2n) is 2.72.